The first-order chi connectivity index (χ1) is 31.7. The normalized spacial score (nSPS) is 11.7. The Bertz CT molecular complexity index is 3350. The quantitative estimate of drug-likeness (QED) is 0.153. The fraction of sp³-hybridized carbons (Fsp3) is 0. The predicted molar refractivity (Wildman–Crippen MR) is 264 cm³/mol. The van der Waals surface area contributed by atoms with Crippen molar-refractivity contribution in [3.05, 3.63) is 243 Å². The van der Waals surface area contributed by atoms with Crippen LogP contribution < -0.4 is 14.4 Å². The summed E-state index contributed by atoms with van der Waals surface area (Å²) >= 11 is 0. The molecule has 0 fully saturated rings. The van der Waals surface area contributed by atoms with Gasteiger partial charge < -0.3 is 18.9 Å². The second-order valence-electron chi connectivity index (χ2n) is 16.2. The number of benzene rings is 10. The molecule has 0 amide bonds. The number of nitrogens with zero attached hydrogens (tertiary/aromatic N) is 2. The molecule has 0 bridgehead atoms. The number of fused-ring (bicyclic) bond motifs is 5. The highest BCUT2D eigenvalue weighted by Crippen LogP contribution is 2.49. The average Bonchev–Trinajstić information content (AvgIpc) is 3.68. The Morgan fingerprint density at radius 3 is 1.09 bits per heavy atom. The molecule has 302 valence electrons. The van der Waals surface area contributed by atoms with Crippen LogP contribution in [0.2, 0.25) is 0 Å². The van der Waals surface area contributed by atoms with E-state index in [0.29, 0.717) is 17.2 Å². The lowest BCUT2D eigenvalue weighted by atomic mass is 10.0. The summed E-state index contributed by atoms with van der Waals surface area (Å²) in [6.07, 6.45) is 0. The maximum atomic E-state index is 6.43. The van der Waals surface area contributed by atoms with E-state index >= 15 is 0 Å². The highest BCUT2D eigenvalue weighted by atomic mass is 16.6. The molecule has 1 aliphatic rings. The molecule has 0 aliphatic carbocycles. The minimum Gasteiger partial charge on any atom is -0.449 e. The van der Waals surface area contributed by atoms with Crippen molar-refractivity contribution in [3.8, 4) is 73.2 Å². The molecular weight excluding hydrogens is 781 g/mol. The molecule has 1 aliphatic heterocycles. The Morgan fingerprint density at radius 2 is 0.625 bits per heavy atom. The summed E-state index contributed by atoms with van der Waals surface area (Å²) in [6, 6.07) is 85.9. The molecule has 10 aromatic carbocycles. The third kappa shape index (κ3) is 6.75. The second kappa shape index (κ2) is 15.7. The molecular formula is C60H40N2O2. The van der Waals surface area contributed by atoms with Crippen LogP contribution in [0.5, 0.6) is 23.0 Å². The summed E-state index contributed by atoms with van der Waals surface area (Å²) in [6.45, 7) is 0. The fourth-order valence-electron chi connectivity index (χ4n) is 9.05. The Kier molecular flexibility index (Phi) is 9.12. The van der Waals surface area contributed by atoms with Gasteiger partial charge in [-0.1, -0.05) is 158 Å². The van der Waals surface area contributed by atoms with E-state index in [1.807, 2.05) is 24.3 Å². The van der Waals surface area contributed by atoms with Gasteiger partial charge in [-0.05, 0) is 123 Å². The summed E-state index contributed by atoms with van der Waals surface area (Å²) in [7, 11) is 0. The zero-order valence-electron chi connectivity index (χ0n) is 34.8. The minimum absolute atomic E-state index is 0.698. The molecule has 4 heteroatoms. The predicted octanol–water partition coefficient (Wildman–Crippen LogP) is 16.8. The molecule has 0 unspecified atom stereocenters. The third-order valence-electron chi connectivity index (χ3n) is 12.3. The Hall–Kier alpha value is -8.60. The van der Waals surface area contributed by atoms with E-state index in [9.17, 15) is 0 Å². The smallest absolute Gasteiger partial charge is 0.172 e. The fourth-order valence-corrected chi connectivity index (χ4v) is 9.05. The van der Waals surface area contributed by atoms with Gasteiger partial charge in [-0.25, -0.2) is 0 Å². The number of para-hydroxylation sites is 2. The van der Waals surface area contributed by atoms with Gasteiger partial charge in [0.25, 0.3) is 0 Å². The molecule has 2 heterocycles. The number of anilines is 3. The average molecular weight is 821 g/mol. The van der Waals surface area contributed by atoms with Crippen molar-refractivity contribution in [3.63, 3.8) is 0 Å². The molecule has 64 heavy (non-hydrogen) atoms. The van der Waals surface area contributed by atoms with Gasteiger partial charge >= 0.3 is 0 Å². The maximum absolute atomic E-state index is 6.43. The minimum atomic E-state index is 0.698. The van der Waals surface area contributed by atoms with Crippen molar-refractivity contribution in [1.29, 1.82) is 0 Å². The lowest BCUT2D eigenvalue weighted by molar-refractivity contribution is 0.360. The van der Waals surface area contributed by atoms with Gasteiger partial charge in [-0.15, -0.1) is 0 Å². The van der Waals surface area contributed by atoms with E-state index in [4.69, 9.17) is 9.47 Å². The molecule has 0 saturated carbocycles. The monoisotopic (exact) mass is 820 g/mol. The van der Waals surface area contributed by atoms with Crippen molar-refractivity contribution in [1.82, 2.24) is 4.57 Å². The zero-order chi connectivity index (χ0) is 42.4. The van der Waals surface area contributed by atoms with E-state index < -0.39 is 0 Å². The third-order valence-corrected chi connectivity index (χ3v) is 12.3. The molecule has 0 atom stereocenters. The number of aromatic nitrogens is 1. The van der Waals surface area contributed by atoms with Gasteiger partial charge in [0.15, 0.2) is 23.0 Å². The summed E-state index contributed by atoms with van der Waals surface area (Å²) in [5.41, 5.74) is 15.9. The lowest BCUT2D eigenvalue weighted by Gasteiger charge is -2.26. The summed E-state index contributed by atoms with van der Waals surface area (Å²) < 4.78 is 15.2. The first-order valence-electron chi connectivity index (χ1n) is 21.6. The molecule has 0 N–H and O–H groups in total. The van der Waals surface area contributed by atoms with Crippen LogP contribution in [0, 0.1) is 0 Å². The van der Waals surface area contributed by atoms with Crippen LogP contribution in [-0.4, -0.2) is 4.57 Å². The summed E-state index contributed by atoms with van der Waals surface area (Å²) in [5.74, 6) is 2.84. The Morgan fingerprint density at radius 1 is 0.266 bits per heavy atom. The van der Waals surface area contributed by atoms with E-state index in [0.717, 1.165) is 67.0 Å². The van der Waals surface area contributed by atoms with Crippen LogP contribution in [0.3, 0.4) is 0 Å². The standard InChI is InChI=1S/C60H40N2O2/c1-4-12-41(13-5-1)44-20-29-49(30-21-44)61(50-31-22-45(23-32-50)42-14-6-2-7-15-42)51-33-24-46(25-34-51)47-26-35-52(36-27-47)62-55-37-28-48(43-16-8-3-9-17-43)38-53(55)54-39-59-60(40-56(54)62)64-58-19-11-10-18-57(58)63-59/h1-40H. The van der Waals surface area contributed by atoms with Gasteiger partial charge in [-0.3, -0.25) is 0 Å². The van der Waals surface area contributed by atoms with Crippen molar-refractivity contribution in [2.45, 2.75) is 0 Å². The molecule has 0 saturated heterocycles. The first kappa shape index (κ1) is 37.2. The molecule has 4 nitrogen and oxygen atoms in total. The van der Waals surface area contributed by atoms with Gasteiger partial charge in [0.05, 0.1) is 11.0 Å². The van der Waals surface area contributed by atoms with Crippen molar-refractivity contribution in [2.75, 3.05) is 4.90 Å². The summed E-state index contributed by atoms with van der Waals surface area (Å²) in [4.78, 5) is 2.33. The van der Waals surface area contributed by atoms with E-state index in [-0.39, 0.29) is 0 Å². The van der Waals surface area contributed by atoms with Crippen LogP contribution in [0.15, 0.2) is 243 Å². The van der Waals surface area contributed by atoms with Gasteiger partial charge in [-0.2, -0.15) is 0 Å². The zero-order valence-corrected chi connectivity index (χ0v) is 34.8. The van der Waals surface area contributed by atoms with Crippen LogP contribution in [0.1, 0.15) is 0 Å². The van der Waals surface area contributed by atoms with Crippen LogP contribution in [0.25, 0.3) is 72.0 Å². The Labute approximate surface area is 372 Å². The van der Waals surface area contributed by atoms with E-state index in [2.05, 4.69) is 228 Å². The number of ether oxygens (including phenoxy) is 2. The van der Waals surface area contributed by atoms with Crippen LogP contribution in [-0.2, 0) is 0 Å². The van der Waals surface area contributed by atoms with Crippen molar-refractivity contribution < 1.29 is 9.47 Å². The first-order valence-corrected chi connectivity index (χ1v) is 21.6. The number of hydrogen-bond donors (Lipinski definition) is 0. The molecule has 0 radical (unpaired) electrons. The summed E-state index contributed by atoms with van der Waals surface area (Å²) in [5, 5.41) is 2.25. The second-order valence-corrected chi connectivity index (χ2v) is 16.2. The highest BCUT2D eigenvalue weighted by Gasteiger charge is 2.23. The number of rotatable bonds is 8. The number of hydrogen-bond acceptors (Lipinski definition) is 3. The molecule has 0 spiro atoms. The van der Waals surface area contributed by atoms with Gasteiger partial charge in [0.1, 0.15) is 0 Å². The SMILES string of the molecule is c1ccc(-c2ccc(N(c3ccc(-c4ccccc4)cc3)c3ccc(-c4ccc(-n5c6ccc(-c7ccccc7)cc6c6cc7c(cc65)Oc5ccccc5O7)cc4)cc3)cc2)cc1. The van der Waals surface area contributed by atoms with Crippen LogP contribution >= 0.6 is 0 Å². The van der Waals surface area contributed by atoms with Crippen molar-refractivity contribution >= 4 is 38.9 Å². The molecule has 11 aromatic rings. The molecule has 1 aromatic heterocycles. The maximum Gasteiger partial charge on any atom is 0.172 e. The highest BCUT2D eigenvalue weighted by molar-refractivity contribution is 6.11. The van der Waals surface area contributed by atoms with E-state index in [1.54, 1.807) is 0 Å². The largest absolute Gasteiger partial charge is 0.449 e. The van der Waals surface area contributed by atoms with Gasteiger partial charge in [0, 0.05) is 39.6 Å². The van der Waals surface area contributed by atoms with E-state index in [1.165, 1.54) is 27.8 Å². The topological polar surface area (TPSA) is 26.6 Å². The molecule has 12 rings (SSSR count). The lowest BCUT2D eigenvalue weighted by Crippen LogP contribution is -2.09. The van der Waals surface area contributed by atoms with Crippen molar-refractivity contribution in [2.24, 2.45) is 0 Å². The van der Waals surface area contributed by atoms with Crippen LogP contribution in [0.4, 0.5) is 17.1 Å². The Balaban J connectivity index is 0.900. The van der Waals surface area contributed by atoms with Gasteiger partial charge in [0.2, 0.25) is 0 Å².